The third-order valence-corrected chi connectivity index (χ3v) is 2.97. The number of Topliss-reactive ketones (excluding diaryl/α,β-unsaturated/α-hetero) is 1. The van der Waals surface area contributed by atoms with Crippen LogP contribution in [0.3, 0.4) is 0 Å². The predicted molar refractivity (Wildman–Crippen MR) is 59.2 cm³/mol. The van der Waals surface area contributed by atoms with Crippen molar-refractivity contribution >= 4 is 5.78 Å². The molecule has 0 saturated carbocycles. The average molecular weight is 231 g/mol. The van der Waals surface area contributed by atoms with Gasteiger partial charge in [-0.25, -0.2) is 0 Å². The first kappa shape index (κ1) is 13.5. The summed E-state index contributed by atoms with van der Waals surface area (Å²) >= 11 is 0. The first-order chi connectivity index (χ1) is 7.63. The fraction of sp³-hybridized carbons (Fsp3) is 0.900. The molecule has 1 heterocycles. The molecule has 1 rings (SSSR count). The summed E-state index contributed by atoms with van der Waals surface area (Å²) in [6, 6.07) is -0.867. The minimum absolute atomic E-state index is 0.0931. The van der Waals surface area contributed by atoms with Gasteiger partial charge < -0.3 is 21.0 Å². The van der Waals surface area contributed by atoms with Gasteiger partial charge in [0.25, 0.3) is 0 Å². The number of hydrogen-bond acceptors (Lipinski definition) is 6. The Balaban J connectivity index is 2.60. The molecule has 0 aromatic heterocycles. The van der Waals surface area contributed by atoms with Crippen molar-refractivity contribution in [3.8, 4) is 0 Å². The van der Waals surface area contributed by atoms with E-state index in [2.05, 4.69) is 5.32 Å². The highest BCUT2D eigenvalue weighted by Crippen LogP contribution is 2.11. The lowest BCUT2D eigenvalue weighted by molar-refractivity contribution is -0.142. The SMILES string of the molecule is CCC(C)NC1COC(CN)C(NO)C1=O. The van der Waals surface area contributed by atoms with Gasteiger partial charge in [0.1, 0.15) is 6.04 Å². The quantitative estimate of drug-likeness (QED) is 0.454. The minimum Gasteiger partial charge on any atom is -0.373 e. The Bertz CT molecular complexity index is 237. The molecule has 0 aliphatic carbocycles. The van der Waals surface area contributed by atoms with E-state index in [1.54, 1.807) is 0 Å². The summed E-state index contributed by atoms with van der Waals surface area (Å²) in [5, 5.41) is 12.1. The zero-order valence-electron chi connectivity index (χ0n) is 9.77. The van der Waals surface area contributed by atoms with E-state index in [4.69, 9.17) is 15.7 Å². The third-order valence-electron chi connectivity index (χ3n) is 2.97. The number of rotatable bonds is 5. The van der Waals surface area contributed by atoms with Crippen molar-refractivity contribution in [2.24, 2.45) is 5.73 Å². The smallest absolute Gasteiger partial charge is 0.173 e. The van der Waals surface area contributed by atoms with E-state index in [1.807, 2.05) is 19.3 Å². The molecule has 0 radical (unpaired) electrons. The van der Waals surface area contributed by atoms with Crippen molar-refractivity contribution in [2.45, 2.75) is 44.5 Å². The number of hydrogen-bond donors (Lipinski definition) is 4. The number of ketones is 1. The summed E-state index contributed by atoms with van der Waals surface area (Å²) < 4.78 is 5.43. The molecule has 0 spiro atoms. The van der Waals surface area contributed by atoms with Crippen molar-refractivity contribution < 1.29 is 14.7 Å². The normalized spacial score (nSPS) is 32.8. The molecule has 4 unspecified atom stereocenters. The van der Waals surface area contributed by atoms with Crippen molar-refractivity contribution in [1.82, 2.24) is 10.8 Å². The number of hydroxylamine groups is 1. The number of ether oxygens (including phenoxy) is 1. The average Bonchev–Trinajstić information content (AvgIpc) is 2.31. The Morgan fingerprint density at radius 2 is 2.38 bits per heavy atom. The summed E-state index contributed by atoms with van der Waals surface area (Å²) in [5.41, 5.74) is 7.44. The van der Waals surface area contributed by atoms with Crippen molar-refractivity contribution in [3.63, 3.8) is 0 Å². The fourth-order valence-electron chi connectivity index (χ4n) is 1.74. The summed E-state index contributed by atoms with van der Waals surface area (Å²) in [7, 11) is 0. The summed E-state index contributed by atoms with van der Waals surface area (Å²) in [5.74, 6) is -0.0931. The van der Waals surface area contributed by atoms with Gasteiger partial charge in [-0.3, -0.25) is 4.79 Å². The Morgan fingerprint density at radius 1 is 1.69 bits per heavy atom. The predicted octanol–water partition coefficient (Wildman–Crippen LogP) is -0.983. The van der Waals surface area contributed by atoms with Crippen LogP contribution in [0.15, 0.2) is 0 Å². The van der Waals surface area contributed by atoms with Crippen LogP contribution in [-0.2, 0) is 9.53 Å². The Hall–Kier alpha value is -0.530. The summed E-state index contributed by atoms with van der Waals surface area (Å²) in [4.78, 5) is 12.0. The number of nitrogens with two attached hydrogens (primary N) is 1. The molecule has 1 aliphatic heterocycles. The maximum atomic E-state index is 12.0. The lowest BCUT2D eigenvalue weighted by Gasteiger charge is -2.35. The first-order valence-corrected chi connectivity index (χ1v) is 5.65. The van der Waals surface area contributed by atoms with Crippen LogP contribution in [0.2, 0.25) is 0 Å². The maximum absolute atomic E-state index is 12.0. The van der Waals surface area contributed by atoms with Crippen LogP contribution in [0.25, 0.3) is 0 Å². The van der Waals surface area contributed by atoms with Gasteiger partial charge in [-0.15, -0.1) is 0 Å². The highest BCUT2D eigenvalue weighted by Gasteiger charge is 2.38. The van der Waals surface area contributed by atoms with Gasteiger partial charge >= 0.3 is 0 Å². The molecule has 1 aliphatic rings. The highest BCUT2D eigenvalue weighted by molar-refractivity contribution is 5.90. The van der Waals surface area contributed by atoms with Crippen LogP contribution >= 0.6 is 0 Å². The molecular weight excluding hydrogens is 210 g/mol. The van der Waals surface area contributed by atoms with E-state index in [-0.39, 0.29) is 24.4 Å². The van der Waals surface area contributed by atoms with E-state index in [9.17, 15) is 4.79 Å². The largest absolute Gasteiger partial charge is 0.373 e. The molecule has 6 nitrogen and oxygen atoms in total. The van der Waals surface area contributed by atoms with Crippen molar-refractivity contribution in [1.29, 1.82) is 0 Å². The molecule has 5 N–H and O–H groups in total. The van der Waals surface area contributed by atoms with Crippen LogP contribution in [0.1, 0.15) is 20.3 Å². The number of carbonyl (C=O) groups is 1. The van der Waals surface area contributed by atoms with Gasteiger partial charge in [0, 0.05) is 12.6 Å². The second-order valence-electron chi connectivity index (χ2n) is 4.15. The van der Waals surface area contributed by atoms with E-state index in [0.717, 1.165) is 6.42 Å². The molecular formula is C10H21N3O3. The van der Waals surface area contributed by atoms with Gasteiger partial charge in [-0.05, 0) is 13.3 Å². The Morgan fingerprint density at radius 3 is 2.88 bits per heavy atom. The molecule has 0 aromatic carbocycles. The van der Waals surface area contributed by atoms with E-state index in [0.29, 0.717) is 6.61 Å². The van der Waals surface area contributed by atoms with Gasteiger partial charge in [0.15, 0.2) is 5.78 Å². The molecule has 94 valence electrons. The van der Waals surface area contributed by atoms with Crippen LogP contribution in [0.4, 0.5) is 0 Å². The van der Waals surface area contributed by atoms with Crippen molar-refractivity contribution in [2.75, 3.05) is 13.2 Å². The Labute approximate surface area is 95.5 Å². The maximum Gasteiger partial charge on any atom is 0.173 e. The lowest BCUT2D eigenvalue weighted by atomic mass is 9.97. The number of nitrogens with one attached hydrogen (secondary N) is 2. The van der Waals surface area contributed by atoms with Crippen LogP contribution in [0, 0.1) is 0 Å². The topological polar surface area (TPSA) is 96.6 Å². The Kier molecular flexibility index (Phi) is 5.30. The molecule has 0 bridgehead atoms. The summed E-state index contributed by atoms with van der Waals surface area (Å²) in [6.45, 7) is 4.56. The van der Waals surface area contributed by atoms with Crippen LogP contribution < -0.4 is 16.5 Å². The highest BCUT2D eigenvalue weighted by atomic mass is 16.5. The molecule has 0 aromatic rings. The second kappa shape index (κ2) is 6.27. The van der Waals surface area contributed by atoms with Gasteiger partial charge in [-0.2, -0.15) is 5.48 Å². The third kappa shape index (κ3) is 2.99. The monoisotopic (exact) mass is 231 g/mol. The number of carbonyl (C=O) groups excluding carboxylic acids is 1. The summed E-state index contributed by atoms with van der Waals surface area (Å²) in [6.07, 6.45) is 0.480. The van der Waals surface area contributed by atoms with E-state index >= 15 is 0 Å². The first-order valence-electron chi connectivity index (χ1n) is 5.65. The van der Waals surface area contributed by atoms with Gasteiger partial charge in [-0.1, -0.05) is 6.92 Å². The van der Waals surface area contributed by atoms with Gasteiger partial charge in [0.05, 0.1) is 18.8 Å². The molecule has 0 amide bonds. The second-order valence-corrected chi connectivity index (χ2v) is 4.15. The zero-order chi connectivity index (χ0) is 12.1. The fourth-order valence-corrected chi connectivity index (χ4v) is 1.74. The lowest BCUT2D eigenvalue weighted by Crippen LogP contribution is -2.62. The minimum atomic E-state index is -0.736. The molecule has 1 saturated heterocycles. The van der Waals surface area contributed by atoms with Crippen molar-refractivity contribution in [3.05, 3.63) is 0 Å². The molecule has 16 heavy (non-hydrogen) atoms. The van der Waals surface area contributed by atoms with Gasteiger partial charge in [0.2, 0.25) is 0 Å². The standard InChI is InChI=1S/C10H21N3O3/c1-3-6(2)12-7-5-16-8(4-11)9(13-15)10(7)14/h6-9,12-13,15H,3-5,11H2,1-2H3. The van der Waals surface area contributed by atoms with E-state index < -0.39 is 12.1 Å². The van der Waals surface area contributed by atoms with E-state index in [1.165, 1.54) is 0 Å². The zero-order valence-corrected chi connectivity index (χ0v) is 9.77. The molecule has 4 atom stereocenters. The molecule has 1 fully saturated rings. The van der Waals surface area contributed by atoms with Crippen LogP contribution in [-0.4, -0.2) is 48.4 Å². The van der Waals surface area contributed by atoms with Crippen LogP contribution in [0.5, 0.6) is 0 Å². The molecule has 6 heteroatoms.